The predicted octanol–water partition coefficient (Wildman–Crippen LogP) is 2.77. The SMILES string of the molecule is COc1ccc(NCCOc2ccccc2)c(N)c1. The van der Waals surface area contributed by atoms with E-state index >= 15 is 0 Å². The van der Waals surface area contributed by atoms with Gasteiger partial charge < -0.3 is 20.5 Å². The molecule has 0 heterocycles. The van der Waals surface area contributed by atoms with E-state index in [0.29, 0.717) is 18.8 Å². The molecule has 0 aliphatic rings. The number of rotatable bonds is 6. The van der Waals surface area contributed by atoms with Gasteiger partial charge in [0.15, 0.2) is 0 Å². The molecule has 19 heavy (non-hydrogen) atoms. The topological polar surface area (TPSA) is 56.5 Å². The monoisotopic (exact) mass is 258 g/mol. The standard InChI is InChI=1S/C15H18N2O2/c1-18-13-7-8-15(14(16)11-13)17-9-10-19-12-5-3-2-4-6-12/h2-8,11,17H,9-10,16H2,1H3. The molecule has 0 unspecified atom stereocenters. The highest BCUT2D eigenvalue weighted by Gasteiger charge is 2.00. The first-order valence-corrected chi connectivity index (χ1v) is 6.15. The lowest BCUT2D eigenvalue weighted by Crippen LogP contribution is -2.12. The number of ether oxygens (including phenoxy) is 2. The summed E-state index contributed by atoms with van der Waals surface area (Å²) in [4.78, 5) is 0. The maximum Gasteiger partial charge on any atom is 0.121 e. The molecule has 0 saturated heterocycles. The first-order chi connectivity index (χ1) is 9.29. The summed E-state index contributed by atoms with van der Waals surface area (Å²) in [5.74, 6) is 1.62. The highest BCUT2D eigenvalue weighted by Crippen LogP contribution is 2.23. The average Bonchev–Trinajstić information content (AvgIpc) is 2.46. The van der Waals surface area contributed by atoms with Gasteiger partial charge in [-0.25, -0.2) is 0 Å². The quantitative estimate of drug-likeness (QED) is 0.618. The number of nitrogens with one attached hydrogen (secondary N) is 1. The van der Waals surface area contributed by atoms with Crippen LogP contribution in [0.15, 0.2) is 48.5 Å². The van der Waals surface area contributed by atoms with Gasteiger partial charge in [0.1, 0.15) is 18.1 Å². The van der Waals surface area contributed by atoms with Gasteiger partial charge in [0, 0.05) is 12.6 Å². The summed E-state index contributed by atoms with van der Waals surface area (Å²) in [5, 5.41) is 3.23. The fourth-order valence-corrected chi connectivity index (χ4v) is 1.70. The molecule has 0 atom stereocenters. The van der Waals surface area contributed by atoms with Crippen molar-refractivity contribution in [1.29, 1.82) is 0 Å². The van der Waals surface area contributed by atoms with E-state index in [9.17, 15) is 0 Å². The number of para-hydroxylation sites is 1. The van der Waals surface area contributed by atoms with Crippen molar-refractivity contribution in [3.8, 4) is 11.5 Å². The fourth-order valence-electron chi connectivity index (χ4n) is 1.70. The Labute approximate surface area is 113 Å². The zero-order valence-corrected chi connectivity index (χ0v) is 10.9. The van der Waals surface area contributed by atoms with Crippen molar-refractivity contribution in [1.82, 2.24) is 0 Å². The molecule has 2 aromatic carbocycles. The Morgan fingerprint density at radius 3 is 2.53 bits per heavy atom. The summed E-state index contributed by atoms with van der Waals surface area (Å²) < 4.78 is 10.7. The highest BCUT2D eigenvalue weighted by molar-refractivity contribution is 5.68. The van der Waals surface area contributed by atoms with Gasteiger partial charge in [-0.1, -0.05) is 18.2 Å². The molecule has 4 heteroatoms. The molecule has 0 aliphatic heterocycles. The molecule has 2 aromatic rings. The van der Waals surface area contributed by atoms with Gasteiger partial charge in [0.25, 0.3) is 0 Å². The first kappa shape index (κ1) is 13.1. The van der Waals surface area contributed by atoms with E-state index in [-0.39, 0.29) is 0 Å². The molecule has 0 saturated carbocycles. The van der Waals surface area contributed by atoms with E-state index in [1.54, 1.807) is 13.2 Å². The van der Waals surface area contributed by atoms with Crippen LogP contribution >= 0.6 is 0 Å². The third kappa shape index (κ3) is 3.81. The lowest BCUT2D eigenvalue weighted by atomic mass is 10.2. The van der Waals surface area contributed by atoms with Crippen LogP contribution in [-0.2, 0) is 0 Å². The van der Waals surface area contributed by atoms with Crippen LogP contribution in [0.2, 0.25) is 0 Å². The summed E-state index contributed by atoms with van der Waals surface area (Å²) in [7, 11) is 1.62. The van der Waals surface area contributed by atoms with Crippen LogP contribution in [0, 0.1) is 0 Å². The maximum absolute atomic E-state index is 5.91. The number of benzene rings is 2. The molecule has 0 fully saturated rings. The van der Waals surface area contributed by atoms with Crippen molar-refractivity contribution in [2.24, 2.45) is 0 Å². The Morgan fingerprint density at radius 1 is 1.05 bits per heavy atom. The molecule has 0 spiro atoms. The Hall–Kier alpha value is -2.36. The molecule has 2 rings (SSSR count). The molecule has 0 bridgehead atoms. The van der Waals surface area contributed by atoms with Gasteiger partial charge in [-0.2, -0.15) is 0 Å². The molecule has 3 N–H and O–H groups in total. The number of anilines is 2. The van der Waals surface area contributed by atoms with Gasteiger partial charge in [-0.3, -0.25) is 0 Å². The van der Waals surface area contributed by atoms with E-state index < -0.39 is 0 Å². The minimum Gasteiger partial charge on any atom is -0.497 e. The number of methoxy groups -OCH3 is 1. The van der Waals surface area contributed by atoms with E-state index in [2.05, 4.69) is 5.32 Å². The van der Waals surface area contributed by atoms with Crippen LogP contribution in [-0.4, -0.2) is 20.3 Å². The Kier molecular flexibility index (Phi) is 4.50. The van der Waals surface area contributed by atoms with Gasteiger partial charge in [-0.05, 0) is 24.3 Å². The summed E-state index contributed by atoms with van der Waals surface area (Å²) in [5.41, 5.74) is 7.46. The van der Waals surface area contributed by atoms with Crippen molar-refractivity contribution in [2.75, 3.05) is 31.3 Å². The van der Waals surface area contributed by atoms with Crippen LogP contribution in [0.25, 0.3) is 0 Å². The van der Waals surface area contributed by atoms with E-state index in [1.165, 1.54) is 0 Å². The molecular formula is C15H18N2O2. The molecular weight excluding hydrogens is 240 g/mol. The second-order valence-corrected chi connectivity index (χ2v) is 4.04. The Balaban J connectivity index is 1.80. The fraction of sp³-hybridized carbons (Fsp3) is 0.200. The Bertz CT molecular complexity index is 515. The van der Waals surface area contributed by atoms with Gasteiger partial charge in [-0.15, -0.1) is 0 Å². The van der Waals surface area contributed by atoms with Crippen molar-refractivity contribution in [3.05, 3.63) is 48.5 Å². The normalized spacial score (nSPS) is 9.95. The lowest BCUT2D eigenvalue weighted by molar-refractivity contribution is 0.333. The summed E-state index contributed by atoms with van der Waals surface area (Å²) in [6, 6.07) is 15.3. The van der Waals surface area contributed by atoms with Crippen molar-refractivity contribution >= 4 is 11.4 Å². The molecule has 0 aliphatic carbocycles. The molecule has 100 valence electrons. The van der Waals surface area contributed by atoms with E-state index in [0.717, 1.165) is 17.2 Å². The number of hydrogen-bond donors (Lipinski definition) is 2. The molecule has 4 nitrogen and oxygen atoms in total. The molecule has 0 radical (unpaired) electrons. The second kappa shape index (κ2) is 6.54. The largest absolute Gasteiger partial charge is 0.497 e. The third-order valence-corrected chi connectivity index (χ3v) is 2.69. The van der Waals surface area contributed by atoms with Crippen molar-refractivity contribution in [2.45, 2.75) is 0 Å². The molecule has 0 aromatic heterocycles. The smallest absolute Gasteiger partial charge is 0.121 e. The summed E-state index contributed by atoms with van der Waals surface area (Å²) >= 11 is 0. The first-order valence-electron chi connectivity index (χ1n) is 6.15. The summed E-state index contributed by atoms with van der Waals surface area (Å²) in [6.45, 7) is 1.26. The van der Waals surface area contributed by atoms with Gasteiger partial charge >= 0.3 is 0 Å². The van der Waals surface area contributed by atoms with Crippen LogP contribution < -0.4 is 20.5 Å². The average molecular weight is 258 g/mol. The van der Waals surface area contributed by atoms with Crippen molar-refractivity contribution in [3.63, 3.8) is 0 Å². The minimum absolute atomic E-state index is 0.579. The van der Waals surface area contributed by atoms with E-state index in [4.69, 9.17) is 15.2 Å². The second-order valence-electron chi connectivity index (χ2n) is 4.04. The van der Waals surface area contributed by atoms with Crippen LogP contribution in [0.3, 0.4) is 0 Å². The predicted molar refractivity (Wildman–Crippen MR) is 77.8 cm³/mol. The van der Waals surface area contributed by atoms with Crippen LogP contribution in [0.5, 0.6) is 11.5 Å². The highest BCUT2D eigenvalue weighted by atomic mass is 16.5. The van der Waals surface area contributed by atoms with Gasteiger partial charge in [0.05, 0.1) is 18.5 Å². The zero-order valence-electron chi connectivity index (χ0n) is 10.9. The molecule has 0 amide bonds. The maximum atomic E-state index is 5.91. The van der Waals surface area contributed by atoms with Crippen molar-refractivity contribution < 1.29 is 9.47 Å². The van der Waals surface area contributed by atoms with Crippen LogP contribution in [0.4, 0.5) is 11.4 Å². The number of nitrogen functional groups attached to an aromatic ring is 1. The number of nitrogens with two attached hydrogens (primary N) is 1. The lowest BCUT2D eigenvalue weighted by Gasteiger charge is -2.11. The van der Waals surface area contributed by atoms with Crippen LogP contribution in [0.1, 0.15) is 0 Å². The Morgan fingerprint density at radius 2 is 1.84 bits per heavy atom. The number of hydrogen-bond acceptors (Lipinski definition) is 4. The van der Waals surface area contributed by atoms with Gasteiger partial charge in [0.2, 0.25) is 0 Å². The zero-order chi connectivity index (χ0) is 13.5. The minimum atomic E-state index is 0.579. The third-order valence-electron chi connectivity index (χ3n) is 2.69. The summed E-state index contributed by atoms with van der Waals surface area (Å²) in [6.07, 6.45) is 0. The van der Waals surface area contributed by atoms with E-state index in [1.807, 2.05) is 42.5 Å².